The number of carbonyl (C=O) groups excluding carboxylic acids is 1. The molecule has 24 heavy (non-hydrogen) atoms. The van der Waals surface area contributed by atoms with Gasteiger partial charge in [0.25, 0.3) is 0 Å². The summed E-state index contributed by atoms with van der Waals surface area (Å²) in [6.45, 7) is 4.18. The number of aryl methyl sites for hydroxylation is 1. The van der Waals surface area contributed by atoms with E-state index in [2.05, 4.69) is 15.6 Å². The smallest absolute Gasteiger partial charge is 0.322 e. The van der Waals surface area contributed by atoms with Crippen molar-refractivity contribution in [1.29, 1.82) is 0 Å². The zero-order valence-corrected chi connectivity index (χ0v) is 14.0. The van der Waals surface area contributed by atoms with Crippen LogP contribution >= 0.6 is 11.8 Å². The minimum Gasteiger partial charge on any atom is -0.465 e. The summed E-state index contributed by atoms with van der Waals surface area (Å²) < 4.78 is 17.8. The van der Waals surface area contributed by atoms with Crippen molar-refractivity contribution in [3.05, 3.63) is 29.6 Å². The maximum absolute atomic E-state index is 12.4. The van der Waals surface area contributed by atoms with E-state index in [4.69, 9.17) is 14.2 Å². The number of rotatable bonds is 3. The molecule has 2 aliphatic rings. The third kappa shape index (κ3) is 2.44. The first-order valence-electron chi connectivity index (χ1n) is 7.58. The molecule has 126 valence electrons. The number of hydrogen-bond donors (Lipinski definition) is 1. The average Bonchev–Trinajstić information content (AvgIpc) is 3.20. The molecule has 2 aliphatic heterocycles. The molecule has 0 saturated heterocycles. The molecule has 9 heteroatoms. The van der Waals surface area contributed by atoms with Crippen molar-refractivity contribution < 1.29 is 19.0 Å². The molecule has 0 aliphatic carbocycles. The Balaban J connectivity index is 1.72. The molecule has 0 spiro atoms. The number of thioether (sulfide) groups is 1. The van der Waals surface area contributed by atoms with Gasteiger partial charge in [-0.15, -0.1) is 10.2 Å². The fraction of sp³-hybridized carbons (Fsp3) is 0.400. The lowest BCUT2D eigenvalue weighted by atomic mass is 10.0. The third-order valence-corrected chi connectivity index (χ3v) is 5.07. The summed E-state index contributed by atoms with van der Waals surface area (Å²) in [5.74, 6) is 1.82. The number of nitrogens with zero attached hydrogens (tertiary/aromatic N) is 3. The third-order valence-electron chi connectivity index (χ3n) is 3.87. The molecule has 3 heterocycles. The van der Waals surface area contributed by atoms with Crippen molar-refractivity contribution in [1.82, 2.24) is 14.9 Å². The highest BCUT2D eigenvalue weighted by atomic mass is 32.2. The van der Waals surface area contributed by atoms with E-state index < -0.39 is 5.25 Å². The van der Waals surface area contributed by atoms with E-state index in [1.807, 2.05) is 25.1 Å². The first-order valence-corrected chi connectivity index (χ1v) is 8.46. The monoisotopic (exact) mass is 348 g/mol. The zero-order valence-electron chi connectivity index (χ0n) is 13.2. The van der Waals surface area contributed by atoms with Crippen molar-refractivity contribution in [3.8, 4) is 11.5 Å². The lowest BCUT2D eigenvalue weighted by Gasteiger charge is -2.32. The summed E-state index contributed by atoms with van der Waals surface area (Å²) in [6.07, 6.45) is 0. The van der Waals surface area contributed by atoms with Gasteiger partial charge in [0.15, 0.2) is 11.5 Å². The Hall–Kier alpha value is -2.42. The van der Waals surface area contributed by atoms with Gasteiger partial charge in [-0.05, 0) is 31.5 Å². The summed E-state index contributed by atoms with van der Waals surface area (Å²) in [5.41, 5.74) is 4.22. The Morgan fingerprint density at radius 3 is 3.08 bits per heavy atom. The SMILES string of the molecule is CCOC(=O)[C@H]1Sc2nnc(C)n2N[C@@H]1c1ccc2c(c1)OCO2. The summed E-state index contributed by atoms with van der Waals surface area (Å²) in [7, 11) is 0. The Morgan fingerprint density at radius 1 is 1.42 bits per heavy atom. The van der Waals surface area contributed by atoms with Crippen LogP contribution in [0.25, 0.3) is 0 Å². The van der Waals surface area contributed by atoms with Crippen LogP contribution in [0, 0.1) is 6.92 Å². The Labute approximate surface area is 142 Å². The molecule has 0 radical (unpaired) electrons. The van der Waals surface area contributed by atoms with Crippen molar-refractivity contribution in [2.75, 3.05) is 18.8 Å². The van der Waals surface area contributed by atoms with Crippen molar-refractivity contribution >= 4 is 17.7 Å². The lowest BCUT2D eigenvalue weighted by Crippen LogP contribution is -2.39. The summed E-state index contributed by atoms with van der Waals surface area (Å²) >= 11 is 1.34. The lowest BCUT2D eigenvalue weighted by molar-refractivity contribution is -0.142. The first kappa shape index (κ1) is 15.1. The number of aromatic nitrogens is 3. The van der Waals surface area contributed by atoms with Gasteiger partial charge in [-0.1, -0.05) is 17.8 Å². The highest BCUT2D eigenvalue weighted by molar-refractivity contribution is 8.00. The van der Waals surface area contributed by atoms with Gasteiger partial charge in [0, 0.05) is 0 Å². The van der Waals surface area contributed by atoms with E-state index in [-0.39, 0.29) is 18.8 Å². The predicted molar refractivity (Wildman–Crippen MR) is 85.7 cm³/mol. The number of nitrogens with one attached hydrogen (secondary N) is 1. The van der Waals surface area contributed by atoms with E-state index in [9.17, 15) is 4.79 Å². The van der Waals surface area contributed by atoms with Gasteiger partial charge in [-0.3, -0.25) is 4.79 Å². The Bertz CT molecular complexity index is 794. The molecule has 1 N–H and O–H groups in total. The number of benzene rings is 1. The van der Waals surface area contributed by atoms with Gasteiger partial charge in [0.05, 0.1) is 12.6 Å². The molecule has 1 aromatic heterocycles. The number of esters is 1. The molecule has 2 aromatic rings. The van der Waals surface area contributed by atoms with Gasteiger partial charge >= 0.3 is 5.97 Å². The normalized spacial score (nSPS) is 21.1. The van der Waals surface area contributed by atoms with Crippen LogP contribution in [0.4, 0.5) is 0 Å². The molecular formula is C15H16N4O4S. The van der Waals surface area contributed by atoms with Crippen molar-refractivity contribution in [2.45, 2.75) is 30.3 Å². The molecule has 4 rings (SSSR count). The highest BCUT2D eigenvalue weighted by Crippen LogP contribution is 2.41. The number of ether oxygens (including phenoxy) is 3. The van der Waals surface area contributed by atoms with Crippen LogP contribution in [-0.2, 0) is 9.53 Å². The van der Waals surface area contributed by atoms with E-state index in [1.54, 1.807) is 11.6 Å². The zero-order chi connectivity index (χ0) is 16.7. The minimum atomic E-state index is -0.471. The number of hydrogen-bond acceptors (Lipinski definition) is 8. The molecule has 0 fully saturated rings. The highest BCUT2D eigenvalue weighted by Gasteiger charge is 2.38. The second-order valence-corrected chi connectivity index (χ2v) is 6.48. The minimum absolute atomic E-state index is 0.210. The van der Waals surface area contributed by atoms with Crippen molar-refractivity contribution in [2.24, 2.45) is 0 Å². The maximum atomic E-state index is 12.4. The van der Waals surface area contributed by atoms with Crippen LogP contribution in [0.15, 0.2) is 23.4 Å². The van der Waals surface area contributed by atoms with E-state index in [0.29, 0.717) is 23.3 Å². The van der Waals surface area contributed by atoms with Gasteiger partial charge in [-0.2, -0.15) is 0 Å². The largest absolute Gasteiger partial charge is 0.465 e. The van der Waals surface area contributed by atoms with Gasteiger partial charge in [0.2, 0.25) is 11.9 Å². The van der Waals surface area contributed by atoms with Crippen molar-refractivity contribution in [3.63, 3.8) is 0 Å². The van der Waals surface area contributed by atoms with E-state index >= 15 is 0 Å². The second kappa shape index (κ2) is 5.90. The van der Waals surface area contributed by atoms with E-state index in [1.165, 1.54) is 11.8 Å². The summed E-state index contributed by atoms with van der Waals surface area (Å²) in [6, 6.07) is 5.35. The fourth-order valence-corrected chi connectivity index (χ4v) is 3.84. The molecule has 8 nitrogen and oxygen atoms in total. The van der Waals surface area contributed by atoms with Crippen LogP contribution < -0.4 is 14.9 Å². The van der Waals surface area contributed by atoms with Gasteiger partial charge < -0.3 is 19.6 Å². The van der Waals surface area contributed by atoms with Crippen LogP contribution in [0.5, 0.6) is 11.5 Å². The molecule has 2 atom stereocenters. The number of fused-ring (bicyclic) bond motifs is 2. The summed E-state index contributed by atoms with van der Waals surface area (Å²) in [4.78, 5) is 12.4. The van der Waals surface area contributed by atoms with Crippen LogP contribution in [0.3, 0.4) is 0 Å². The van der Waals surface area contributed by atoms with E-state index in [0.717, 1.165) is 11.4 Å². The average molecular weight is 348 g/mol. The topological polar surface area (TPSA) is 87.5 Å². The second-order valence-electron chi connectivity index (χ2n) is 5.38. The molecule has 0 saturated carbocycles. The fourth-order valence-electron chi connectivity index (χ4n) is 2.72. The molecule has 1 aromatic carbocycles. The Morgan fingerprint density at radius 2 is 2.25 bits per heavy atom. The maximum Gasteiger partial charge on any atom is 0.322 e. The molecule has 0 amide bonds. The number of carbonyl (C=O) groups is 1. The van der Waals surface area contributed by atoms with Crippen LogP contribution in [0.2, 0.25) is 0 Å². The Kier molecular flexibility index (Phi) is 3.72. The van der Waals surface area contributed by atoms with Crippen LogP contribution in [0.1, 0.15) is 24.4 Å². The van der Waals surface area contributed by atoms with Gasteiger partial charge in [-0.25, -0.2) is 4.68 Å². The molecule has 0 bridgehead atoms. The van der Waals surface area contributed by atoms with Gasteiger partial charge in [0.1, 0.15) is 11.1 Å². The quantitative estimate of drug-likeness (QED) is 0.838. The molecular weight excluding hydrogens is 332 g/mol. The first-order chi connectivity index (χ1) is 11.7. The standard InChI is InChI=1S/C15H16N4O4S/c1-3-21-14(20)13-12(18-19-8(2)16-17-15(19)24-13)9-4-5-10-11(6-9)23-7-22-10/h4-6,12-13,18H,3,7H2,1-2H3/t12-,13+/m1/s1. The molecule has 0 unspecified atom stereocenters. The van der Waals surface area contributed by atoms with Crippen LogP contribution in [-0.4, -0.2) is 39.5 Å². The predicted octanol–water partition coefficient (Wildman–Crippen LogP) is 1.64. The summed E-state index contributed by atoms with van der Waals surface area (Å²) in [5, 5.41) is 8.32.